The molecule has 4 N–H and O–H groups in total. The molecule has 1 saturated heterocycles. The molecule has 248 valence electrons. The molecular formula is C41H34N10. The maximum absolute atomic E-state index is 4.57. The Morgan fingerprint density at radius 1 is 0.725 bits per heavy atom. The van der Waals surface area contributed by atoms with Crippen molar-refractivity contribution in [3.05, 3.63) is 115 Å². The number of nitrogens with zero attached hydrogens (tertiary/aromatic N) is 6. The third-order valence-electron chi connectivity index (χ3n) is 10.8. The van der Waals surface area contributed by atoms with Crippen LogP contribution in [0.1, 0.15) is 18.4 Å². The number of hydrogen-bond donors (Lipinski definition) is 4. The average Bonchev–Trinajstić information content (AvgIpc) is 4.02. The Morgan fingerprint density at radius 3 is 2.41 bits per heavy atom. The van der Waals surface area contributed by atoms with Crippen molar-refractivity contribution in [3.8, 4) is 45.3 Å². The van der Waals surface area contributed by atoms with Crippen LogP contribution in [0.3, 0.4) is 0 Å². The van der Waals surface area contributed by atoms with E-state index in [0.29, 0.717) is 5.82 Å². The topological polar surface area (TPSA) is 113 Å². The summed E-state index contributed by atoms with van der Waals surface area (Å²) < 4.78 is 2.50. The van der Waals surface area contributed by atoms with Gasteiger partial charge in [0.2, 0.25) is 0 Å². The fourth-order valence-corrected chi connectivity index (χ4v) is 8.63. The highest BCUT2D eigenvalue weighted by molar-refractivity contribution is 6.11. The van der Waals surface area contributed by atoms with E-state index < -0.39 is 0 Å². The van der Waals surface area contributed by atoms with Gasteiger partial charge in [0.25, 0.3) is 0 Å². The zero-order valence-corrected chi connectivity index (χ0v) is 27.8. The molecule has 8 heterocycles. The van der Waals surface area contributed by atoms with Crippen LogP contribution in [0.4, 0.5) is 17.2 Å². The molecule has 10 nitrogen and oxygen atoms in total. The van der Waals surface area contributed by atoms with Crippen LogP contribution in [-0.4, -0.2) is 59.6 Å². The Labute approximate surface area is 292 Å². The molecular weight excluding hydrogens is 633 g/mol. The van der Waals surface area contributed by atoms with E-state index in [0.717, 1.165) is 95.2 Å². The summed E-state index contributed by atoms with van der Waals surface area (Å²) in [6.45, 7) is 2.74. The largest absolute Gasteiger partial charge is 0.361 e. The van der Waals surface area contributed by atoms with Gasteiger partial charge in [-0.05, 0) is 77.0 Å². The summed E-state index contributed by atoms with van der Waals surface area (Å²) in [6.07, 6.45) is 7.33. The zero-order valence-electron chi connectivity index (χ0n) is 27.8. The number of fused-ring (bicyclic) bond motifs is 4. The fourth-order valence-electron chi connectivity index (χ4n) is 8.63. The van der Waals surface area contributed by atoms with E-state index in [1.54, 1.807) is 0 Å². The molecule has 51 heavy (non-hydrogen) atoms. The molecule has 9 aromatic rings. The molecule has 0 amide bonds. The van der Waals surface area contributed by atoms with Gasteiger partial charge in [-0.3, -0.25) is 4.40 Å². The number of hydrogen-bond acceptors (Lipinski definition) is 5. The molecule has 0 radical (unpaired) electrons. The van der Waals surface area contributed by atoms with Crippen LogP contribution in [0.15, 0.2) is 109 Å². The van der Waals surface area contributed by atoms with E-state index in [1.807, 2.05) is 6.20 Å². The second-order valence-electron chi connectivity index (χ2n) is 13.6. The molecule has 0 spiro atoms. The molecule has 11 rings (SSSR count). The summed E-state index contributed by atoms with van der Waals surface area (Å²) in [6, 6.07) is 34.9. The van der Waals surface area contributed by atoms with Gasteiger partial charge < -0.3 is 24.8 Å². The molecule has 1 fully saturated rings. The predicted octanol–water partition coefficient (Wildman–Crippen LogP) is 8.71. The van der Waals surface area contributed by atoms with E-state index in [2.05, 4.69) is 153 Å². The van der Waals surface area contributed by atoms with Crippen molar-refractivity contribution in [2.75, 3.05) is 29.4 Å². The van der Waals surface area contributed by atoms with Crippen molar-refractivity contribution >= 4 is 44.4 Å². The third-order valence-corrected chi connectivity index (χ3v) is 10.8. The Bertz CT molecular complexity index is 2690. The van der Waals surface area contributed by atoms with E-state index in [9.17, 15) is 0 Å². The van der Waals surface area contributed by atoms with Crippen molar-refractivity contribution in [3.63, 3.8) is 0 Å². The van der Waals surface area contributed by atoms with E-state index in [1.165, 1.54) is 33.1 Å². The molecule has 0 unspecified atom stereocenters. The number of H-pyrrole nitrogens is 4. The average molecular weight is 667 g/mol. The summed E-state index contributed by atoms with van der Waals surface area (Å²) in [5.74, 6) is 1.72. The van der Waals surface area contributed by atoms with E-state index in [4.69, 9.17) is 0 Å². The van der Waals surface area contributed by atoms with Crippen LogP contribution < -0.4 is 9.80 Å². The molecule has 10 heteroatoms. The highest BCUT2D eigenvalue weighted by Crippen LogP contribution is 2.54. The standard InChI is InChI=1S/C41H34N10/c1-4-13-28-27(12-1)24-43-37(28)36-34-23-29(31-15-9-18-42-31)35(40-45-47-48-46-40)41(49-19-7-8-20-49)51(34)38(32-22-26-11-2-5-14-30(26)44-32)39(36)50-21-17-25-10-3-6-16-33(25)50/h1-6,9-16,18,22-24,42-44H,7-8,17,19-21H2,(H,45,46,47,48). The lowest BCUT2D eigenvalue weighted by Gasteiger charge is -2.26. The number of aromatic amines is 4. The van der Waals surface area contributed by atoms with Crippen LogP contribution in [0.25, 0.3) is 72.5 Å². The minimum atomic E-state index is 0.639. The Hall–Kier alpha value is -6.55. The maximum Gasteiger partial charge on any atom is 0.183 e. The van der Waals surface area contributed by atoms with E-state index >= 15 is 0 Å². The van der Waals surface area contributed by atoms with Gasteiger partial charge in [0.15, 0.2) is 5.82 Å². The second-order valence-corrected chi connectivity index (χ2v) is 13.6. The fraction of sp³-hybridized carbons (Fsp3) is 0.146. The Morgan fingerprint density at radius 2 is 1.57 bits per heavy atom. The number of pyridine rings is 1. The van der Waals surface area contributed by atoms with E-state index in [-0.39, 0.29) is 0 Å². The third kappa shape index (κ3) is 4.19. The summed E-state index contributed by atoms with van der Waals surface area (Å²) in [5.41, 5.74) is 13.4. The Kier molecular flexibility index (Phi) is 6.09. The van der Waals surface area contributed by atoms with Gasteiger partial charge in [-0.1, -0.05) is 60.7 Å². The van der Waals surface area contributed by atoms with Crippen LogP contribution >= 0.6 is 0 Å². The molecule has 3 aromatic carbocycles. The molecule has 0 bridgehead atoms. The van der Waals surface area contributed by atoms with Crippen LogP contribution in [0.2, 0.25) is 0 Å². The lowest BCUT2D eigenvalue weighted by Crippen LogP contribution is -2.22. The lowest BCUT2D eigenvalue weighted by molar-refractivity contribution is 0.881. The van der Waals surface area contributed by atoms with Gasteiger partial charge in [0, 0.05) is 70.8 Å². The van der Waals surface area contributed by atoms with Crippen molar-refractivity contribution in [2.45, 2.75) is 19.3 Å². The number of benzene rings is 3. The van der Waals surface area contributed by atoms with Gasteiger partial charge in [0.05, 0.1) is 33.8 Å². The highest BCUT2D eigenvalue weighted by Gasteiger charge is 2.36. The van der Waals surface area contributed by atoms with Gasteiger partial charge in [-0.25, -0.2) is 5.10 Å². The summed E-state index contributed by atoms with van der Waals surface area (Å²) >= 11 is 0. The second kappa shape index (κ2) is 11.0. The van der Waals surface area contributed by atoms with Crippen LogP contribution in [-0.2, 0) is 6.42 Å². The van der Waals surface area contributed by atoms with Gasteiger partial charge in [-0.15, -0.1) is 5.10 Å². The zero-order chi connectivity index (χ0) is 33.5. The van der Waals surface area contributed by atoms with Crippen molar-refractivity contribution in [1.82, 2.24) is 40.0 Å². The molecule has 2 aliphatic rings. The normalized spacial score (nSPS) is 14.5. The first-order valence-corrected chi connectivity index (χ1v) is 17.7. The molecule has 6 aromatic heterocycles. The smallest absolute Gasteiger partial charge is 0.183 e. The number of anilines is 3. The quantitative estimate of drug-likeness (QED) is 0.142. The number of tetrazole rings is 1. The summed E-state index contributed by atoms with van der Waals surface area (Å²) in [5, 5.41) is 19.4. The number of para-hydroxylation sites is 2. The number of aromatic nitrogens is 8. The van der Waals surface area contributed by atoms with Gasteiger partial charge in [0.1, 0.15) is 5.82 Å². The molecule has 0 atom stereocenters. The minimum absolute atomic E-state index is 0.639. The SMILES string of the molecule is c1c[nH]c(-c2cc3c(-c4[nH]cc5ccccc45)c(N4CCc5ccccc54)c(-c4cc5ccccc5[nH]4)n3c(N3CCCC3)c2-c2nnn[nH]2)c1. The van der Waals surface area contributed by atoms with Gasteiger partial charge >= 0.3 is 0 Å². The predicted molar refractivity (Wildman–Crippen MR) is 204 cm³/mol. The van der Waals surface area contributed by atoms with Crippen LogP contribution in [0.5, 0.6) is 0 Å². The van der Waals surface area contributed by atoms with Gasteiger partial charge in [-0.2, -0.15) is 0 Å². The monoisotopic (exact) mass is 666 g/mol. The molecule has 0 saturated carbocycles. The maximum atomic E-state index is 4.57. The van der Waals surface area contributed by atoms with Crippen molar-refractivity contribution in [2.24, 2.45) is 0 Å². The minimum Gasteiger partial charge on any atom is -0.361 e. The summed E-state index contributed by atoms with van der Waals surface area (Å²) in [4.78, 5) is 16.3. The van der Waals surface area contributed by atoms with Crippen LogP contribution in [0, 0.1) is 0 Å². The number of rotatable bonds is 6. The number of nitrogens with one attached hydrogen (secondary N) is 4. The van der Waals surface area contributed by atoms with Crippen molar-refractivity contribution < 1.29 is 0 Å². The highest BCUT2D eigenvalue weighted by atomic mass is 15.5. The summed E-state index contributed by atoms with van der Waals surface area (Å²) in [7, 11) is 0. The molecule has 0 aliphatic carbocycles. The lowest BCUT2D eigenvalue weighted by atomic mass is 10.0. The molecule has 2 aliphatic heterocycles. The first-order valence-electron chi connectivity index (χ1n) is 17.7. The first-order chi connectivity index (χ1) is 25.3. The Balaban J connectivity index is 1.38. The van der Waals surface area contributed by atoms with Crippen molar-refractivity contribution in [1.29, 1.82) is 0 Å². The first kappa shape index (κ1) is 28.3.